The summed E-state index contributed by atoms with van der Waals surface area (Å²) >= 11 is 0. The Balaban J connectivity index is 0.00000301. The molecule has 4 heteroatoms. The number of benzene rings is 1. The quantitative estimate of drug-likeness (QED) is 0.206. The summed E-state index contributed by atoms with van der Waals surface area (Å²) in [5, 5.41) is 0. The van der Waals surface area contributed by atoms with E-state index in [1.165, 1.54) is 12.1 Å². The van der Waals surface area contributed by atoms with Crippen LogP contribution in [0.3, 0.4) is 0 Å². The van der Waals surface area contributed by atoms with Crippen molar-refractivity contribution in [3.63, 3.8) is 0 Å². The molecule has 0 heterocycles. The molecule has 0 aliphatic heterocycles. The highest BCUT2D eigenvalue weighted by Crippen LogP contribution is 2.29. The highest BCUT2D eigenvalue weighted by Gasteiger charge is 2.30. The molecule has 144 valence electrons. The third-order valence-corrected chi connectivity index (χ3v) is 3.63. The van der Waals surface area contributed by atoms with Crippen LogP contribution in [0.4, 0.5) is 13.2 Å². The van der Waals surface area contributed by atoms with Crippen LogP contribution in [0.15, 0.2) is 73.6 Å². The molecular formula is C22H29F3O. The summed E-state index contributed by atoms with van der Waals surface area (Å²) in [6, 6.07) is 5.44. The summed E-state index contributed by atoms with van der Waals surface area (Å²) < 4.78 is 43.8. The van der Waals surface area contributed by atoms with Gasteiger partial charge in [-0.1, -0.05) is 44.7 Å². The standard InChI is InChI=1S/C20H25F3O.C2H4/c1-5-17(15(3)4)14-19(6-2)24-12-8-10-16-9-7-11-18(13-16)20(21,22)23;1-2/h5-7,9,11,13-15H,1,8,10,12H2,2-4H3;1-2H2/b17-14+,19-6+;. The monoisotopic (exact) mass is 366 g/mol. The first kappa shape index (κ1) is 23.8. The summed E-state index contributed by atoms with van der Waals surface area (Å²) in [4.78, 5) is 0. The van der Waals surface area contributed by atoms with Gasteiger partial charge in [0.1, 0.15) is 5.76 Å². The van der Waals surface area contributed by atoms with Crippen LogP contribution >= 0.6 is 0 Å². The molecule has 1 nitrogen and oxygen atoms in total. The fourth-order valence-corrected chi connectivity index (χ4v) is 2.20. The molecule has 0 aromatic heterocycles. The van der Waals surface area contributed by atoms with Gasteiger partial charge in [0.2, 0.25) is 0 Å². The van der Waals surface area contributed by atoms with Crippen molar-refractivity contribution < 1.29 is 17.9 Å². The van der Waals surface area contributed by atoms with Gasteiger partial charge in [0.05, 0.1) is 12.2 Å². The third kappa shape index (κ3) is 8.75. The first-order chi connectivity index (χ1) is 12.3. The minimum atomic E-state index is -4.30. The molecule has 0 atom stereocenters. The van der Waals surface area contributed by atoms with Gasteiger partial charge in [0.15, 0.2) is 0 Å². The molecule has 1 rings (SSSR count). The van der Waals surface area contributed by atoms with E-state index in [1.807, 2.05) is 19.1 Å². The molecule has 0 spiro atoms. The molecule has 0 saturated carbocycles. The Hall–Kier alpha value is -2.23. The Kier molecular flexibility index (Phi) is 11.1. The van der Waals surface area contributed by atoms with E-state index in [0.717, 1.165) is 17.4 Å². The van der Waals surface area contributed by atoms with E-state index in [-0.39, 0.29) is 0 Å². The van der Waals surface area contributed by atoms with Crippen LogP contribution in [0.5, 0.6) is 0 Å². The van der Waals surface area contributed by atoms with Crippen molar-refractivity contribution >= 4 is 0 Å². The number of alkyl halides is 3. The minimum Gasteiger partial charge on any atom is -0.494 e. The molecule has 0 radical (unpaired) electrons. The van der Waals surface area contributed by atoms with Crippen molar-refractivity contribution in [2.75, 3.05) is 6.61 Å². The van der Waals surface area contributed by atoms with Crippen molar-refractivity contribution in [1.82, 2.24) is 0 Å². The molecule has 0 N–H and O–H groups in total. The Morgan fingerprint density at radius 3 is 2.38 bits per heavy atom. The summed E-state index contributed by atoms with van der Waals surface area (Å²) in [6.45, 7) is 16.3. The lowest BCUT2D eigenvalue weighted by molar-refractivity contribution is -0.137. The second-order valence-electron chi connectivity index (χ2n) is 5.84. The van der Waals surface area contributed by atoms with E-state index in [9.17, 15) is 13.2 Å². The normalized spacial score (nSPS) is 12.4. The summed E-state index contributed by atoms with van der Waals surface area (Å²) in [6.07, 6.45) is 2.52. The first-order valence-corrected chi connectivity index (χ1v) is 8.57. The number of ether oxygens (including phenoxy) is 1. The summed E-state index contributed by atoms with van der Waals surface area (Å²) in [7, 11) is 0. The molecule has 1 aromatic rings. The van der Waals surface area contributed by atoms with E-state index in [2.05, 4.69) is 33.6 Å². The maximum Gasteiger partial charge on any atom is 0.416 e. The molecule has 0 aliphatic carbocycles. The van der Waals surface area contributed by atoms with Gasteiger partial charge in [-0.3, -0.25) is 0 Å². The number of hydrogen-bond donors (Lipinski definition) is 0. The number of rotatable bonds is 8. The molecule has 0 saturated heterocycles. The predicted molar refractivity (Wildman–Crippen MR) is 104 cm³/mol. The summed E-state index contributed by atoms with van der Waals surface area (Å²) in [5.74, 6) is 1.11. The second kappa shape index (κ2) is 12.2. The largest absolute Gasteiger partial charge is 0.494 e. The fraction of sp³-hybridized carbons (Fsp3) is 0.364. The van der Waals surface area contributed by atoms with Crippen molar-refractivity contribution in [3.8, 4) is 0 Å². The van der Waals surface area contributed by atoms with Crippen molar-refractivity contribution in [3.05, 3.63) is 84.7 Å². The van der Waals surface area contributed by atoms with E-state index < -0.39 is 11.7 Å². The van der Waals surface area contributed by atoms with Gasteiger partial charge in [-0.05, 0) is 55.0 Å². The Labute approximate surface area is 155 Å². The molecule has 1 aromatic carbocycles. The zero-order valence-electron chi connectivity index (χ0n) is 15.9. The van der Waals surface area contributed by atoms with Crippen LogP contribution in [0, 0.1) is 5.92 Å². The lowest BCUT2D eigenvalue weighted by Crippen LogP contribution is -2.05. The zero-order valence-corrected chi connectivity index (χ0v) is 15.9. The van der Waals surface area contributed by atoms with Crippen LogP contribution < -0.4 is 0 Å². The number of allylic oxidation sites excluding steroid dienone is 4. The topological polar surface area (TPSA) is 9.23 Å². The molecule has 26 heavy (non-hydrogen) atoms. The average molecular weight is 366 g/mol. The van der Waals surface area contributed by atoms with Gasteiger partial charge in [0.25, 0.3) is 0 Å². The van der Waals surface area contributed by atoms with Gasteiger partial charge in [0, 0.05) is 0 Å². The highest BCUT2D eigenvalue weighted by atomic mass is 19.4. The lowest BCUT2D eigenvalue weighted by atomic mass is 10.0. The number of aryl methyl sites for hydroxylation is 1. The Morgan fingerprint density at radius 1 is 1.23 bits per heavy atom. The number of hydrogen-bond acceptors (Lipinski definition) is 1. The van der Waals surface area contributed by atoms with Gasteiger partial charge in [-0.2, -0.15) is 13.2 Å². The zero-order chi connectivity index (χ0) is 20.2. The number of halogens is 3. The predicted octanol–water partition coefficient (Wildman–Crippen LogP) is 7.13. The van der Waals surface area contributed by atoms with E-state index >= 15 is 0 Å². The average Bonchev–Trinajstić information content (AvgIpc) is 2.62. The van der Waals surface area contributed by atoms with E-state index in [0.29, 0.717) is 30.9 Å². The van der Waals surface area contributed by atoms with Crippen molar-refractivity contribution in [2.45, 2.75) is 39.8 Å². The van der Waals surface area contributed by atoms with Crippen LogP contribution in [-0.4, -0.2) is 6.61 Å². The van der Waals surface area contributed by atoms with Gasteiger partial charge in [-0.15, -0.1) is 13.2 Å². The molecule has 0 amide bonds. The second-order valence-corrected chi connectivity index (χ2v) is 5.84. The third-order valence-electron chi connectivity index (χ3n) is 3.63. The SMILES string of the molecule is C=C.C=C/C(=C\C(=C/C)OCCCc1cccc(C(F)(F)F)c1)C(C)C. The first-order valence-electron chi connectivity index (χ1n) is 8.57. The Morgan fingerprint density at radius 2 is 1.88 bits per heavy atom. The van der Waals surface area contributed by atoms with Gasteiger partial charge >= 0.3 is 6.18 Å². The molecular weight excluding hydrogens is 337 g/mol. The van der Waals surface area contributed by atoms with Crippen LogP contribution in [0.1, 0.15) is 38.3 Å². The van der Waals surface area contributed by atoms with Crippen molar-refractivity contribution in [1.29, 1.82) is 0 Å². The van der Waals surface area contributed by atoms with Gasteiger partial charge in [-0.25, -0.2) is 0 Å². The smallest absolute Gasteiger partial charge is 0.416 e. The molecule has 0 fully saturated rings. The van der Waals surface area contributed by atoms with Crippen LogP contribution in [-0.2, 0) is 17.3 Å². The minimum absolute atomic E-state index is 0.353. The van der Waals surface area contributed by atoms with Crippen LogP contribution in [0.25, 0.3) is 0 Å². The van der Waals surface area contributed by atoms with E-state index in [4.69, 9.17) is 4.74 Å². The highest BCUT2D eigenvalue weighted by molar-refractivity contribution is 5.27. The van der Waals surface area contributed by atoms with E-state index in [1.54, 1.807) is 12.1 Å². The van der Waals surface area contributed by atoms with Gasteiger partial charge < -0.3 is 4.74 Å². The maximum atomic E-state index is 12.7. The maximum absolute atomic E-state index is 12.7. The lowest BCUT2D eigenvalue weighted by Gasteiger charge is -2.11. The summed E-state index contributed by atoms with van der Waals surface area (Å²) in [5.41, 5.74) is 1.14. The Bertz CT molecular complexity index is 610. The molecule has 0 unspecified atom stereocenters. The fourth-order valence-electron chi connectivity index (χ4n) is 2.20. The molecule has 0 aliphatic rings. The van der Waals surface area contributed by atoms with Crippen molar-refractivity contribution in [2.24, 2.45) is 5.92 Å². The van der Waals surface area contributed by atoms with Crippen LogP contribution in [0.2, 0.25) is 0 Å². The molecule has 0 bridgehead atoms.